The molecule has 2 aromatic rings. The van der Waals surface area contributed by atoms with Crippen LogP contribution in [-0.4, -0.2) is 29.4 Å². The molecule has 3 rings (SSSR count). The Morgan fingerprint density at radius 2 is 2.04 bits per heavy atom. The lowest BCUT2D eigenvalue weighted by atomic mass is 10.1. The Hall–Kier alpha value is -2.73. The van der Waals surface area contributed by atoms with Gasteiger partial charge in [0, 0.05) is 18.3 Å². The number of nitrogens with one attached hydrogen (secondary N) is 3. The topological polar surface area (TPSA) is 83.1 Å². The number of carbonyl (C=O) groups excluding carboxylic acids is 2. The van der Waals surface area contributed by atoms with E-state index in [2.05, 4.69) is 20.9 Å². The number of pyridine rings is 1. The SMILES string of the molecule is O=C(Nc1cccnc1)c1ccc(CNC(=O)C2CCCN2)cc1. The second-order valence-electron chi connectivity index (χ2n) is 5.76. The number of anilines is 1. The van der Waals surface area contributed by atoms with Crippen molar-refractivity contribution in [1.29, 1.82) is 0 Å². The van der Waals surface area contributed by atoms with Gasteiger partial charge in [-0.1, -0.05) is 12.1 Å². The third kappa shape index (κ3) is 4.17. The molecule has 6 nitrogen and oxygen atoms in total. The van der Waals surface area contributed by atoms with Gasteiger partial charge in [0.15, 0.2) is 0 Å². The molecule has 0 saturated carbocycles. The summed E-state index contributed by atoms with van der Waals surface area (Å²) >= 11 is 0. The van der Waals surface area contributed by atoms with Crippen LogP contribution in [0, 0.1) is 0 Å². The molecule has 124 valence electrons. The normalized spacial score (nSPS) is 16.6. The third-order valence-electron chi connectivity index (χ3n) is 3.98. The number of benzene rings is 1. The summed E-state index contributed by atoms with van der Waals surface area (Å²) in [5, 5.41) is 8.87. The second kappa shape index (κ2) is 7.70. The van der Waals surface area contributed by atoms with Gasteiger partial charge in [0.1, 0.15) is 0 Å². The molecule has 1 saturated heterocycles. The molecule has 1 aliphatic heterocycles. The summed E-state index contributed by atoms with van der Waals surface area (Å²) in [6, 6.07) is 10.7. The summed E-state index contributed by atoms with van der Waals surface area (Å²) in [4.78, 5) is 28.1. The minimum absolute atomic E-state index is 0.0332. The minimum atomic E-state index is -0.186. The molecular formula is C18H20N4O2. The first kappa shape index (κ1) is 16.1. The van der Waals surface area contributed by atoms with Crippen molar-refractivity contribution in [2.24, 2.45) is 0 Å². The fourth-order valence-corrected chi connectivity index (χ4v) is 2.63. The third-order valence-corrected chi connectivity index (χ3v) is 3.98. The Morgan fingerprint density at radius 1 is 1.21 bits per heavy atom. The molecule has 2 heterocycles. The number of amides is 2. The molecule has 1 aliphatic rings. The van der Waals surface area contributed by atoms with Gasteiger partial charge in [0.2, 0.25) is 5.91 Å². The van der Waals surface area contributed by atoms with Gasteiger partial charge in [0.05, 0.1) is 17.9 Å². The zero-order chi connectivity index (χ0) is 16.8. The van der Waals surface area contributed by atoms with Crippen LogP contribution in [0.4, 0.5) is 5.69 Å². The lowest BCUT2D eigenvalue weighted by Gasteiger charge is -2.11. The molecule has 1 unspecified atom stereocenters. The maximum absolute atomic E-state index is 12.1. The van der Waals surface area contributed by atoms with E-state index in [0.29, 0.717) is 17.8 Å². The van der Waals surface area contributed by atoms with Gasteiger partial charge in [-0.05, 0) is 49.2 Å². The Balaban J connectivity index is 1.53. The van der Waals surface area contributed by atoms with Gasteiger partial charge in [-0.3, -0.25) is 14.6 Å². The fraction of sp³-hybridized carbons (Fsp3) is 0.278. The standard InChI is InChI=1S/C18H20N4O2/c23-17(22-15-3-1-9-19-12-15)14-7-5-13(6-8-14)11-21-18(24)16-4-2-10-20-16/h1,3,5-9,12,16,20H,2,4,10-11H2,(H,21,24)(H,22,23). The summed E-state index contributed by atoms with van der Waals surface area (Å²) in [5.74, 6) is -0.153. The first-order valence-electron chi connectivity index (χ1n) is 8.04. The quantitative estimate of drug-likeness (QED) is 0.782. The Kier molecular flexibility index (Phi) is 5.18. The zero-order valence-electron chi connectivity index (χ0n) is 13.3. The minimum Gasteiger partial charge on any atom is -0.351 e. The molecule has 1 aromatic heterocycles. The highest BCUT2D eigenvalue weighted by atomic mass is 16.2. The van der Waals surface area contributed by atoms with E-state index < -0.39 is 0 Å². The van der Waals surface area contributed by atoms with Crippen molar-refractivity contribution in [2.75, 3.05) is 11.9 Å². The van der Waals surface area contributed by atoms with Crippen LogP contribution in [0.15, 0.2) is 48.8 Å². The van der Waals surface area contributed by atoms with E-state index >= 15 is 0 Å². The molecule has 6 heteroatoms. The highest BCUT2D eigenvalue weighted by Crippen LogP contribution is 2.10. The highest BCUT2D eigenvalue weighted by molar-refractivity contribution is 6.04. The molecule has 0 bridgehead atoms. The van der Waals surface area contributed by atoms with Crippen molar-refractivity contribution < 1.29 is 9.59 Å². The maximum atomic E-state index is 12.1. The lowest BCUT2D eigenvalue weighted by molar-refractivity contribution is -0.122. The Bertz CT molecular complexity index is 695. The lowest BCUT2D eigenvalue weighted by Crippen LogP contribution is -2.39. The van der Waals surface area contributed by atoms with E-state index in [4.69, 9.17) is 0 Å². The van der Waals surface area contributed by atoms with Crippen molar-refractivity contribution in [3.05, 3.63) is 59.9 Å². The molecule has 1 aromatic carbocycles. The van der Waals surface area contributed by atoms with Crippen LogP contribution in [0.25, 0.3) is 0 Å². The first-order chi connectivity index (χ1) is 11.7. The number of rotatable bonds is 5. The van der Waals surface area contributed by atoms with E-state index in [-0.39, 0.29) is 17.9 Å². The average molecular weight is 324 g/mol. The number of aromatic nitrogens is 1. The molecule has 24 heavy (non-hydrogen) atoms. The predicted octanol–water partition coefficient (Wildman–Crippen LogP) is 1.70. The Morgan fingerprint density at radius 3 is 2.71 bits per heavy atom. The van der Waals surface area contributed by atoms with Crippen molar-refractivity contribution in [2.45, 2.75) is 25.4 Å². The van der Waals surface area contributed by atoms with E-state index in [0.717, 1.165) is 24.9 Å². The van der Waals surface area contributed by atoms with Crippen molar-refractivity contribution in [3.63, 3.8) is 0 Å². The summed E-state index contributed by atoms with van der Waals surface area (Å²) in [7, 11) is 0. The molecule has 1 fully saturated rings. The molecule has 2 amide bonds. The van der Waals surface area contributed by atoms with Crippen LogP contribution >= 0.6 is 0 Å². The highest BCUT2D eigenvalue weighted by Gasteiger charge is 2.21. The zero-order valence-corrected chi connectivity index (χ0v) is 13.3. The summed E-state index contributed by atoms with van der Waals surface area (Å²) < 4.78 is 0. The van der Waals surface area contributed by atoms with Gasteiger partial charge in [-0.2, -0.15) is 0 Å². The van der Waals surface area contributed by atoms with Crippen LogP contribution in [0.5, 0.6) is 0 Å². The largest absolute Gasteiger partial charge is 0.351 e. The fourth-order valence-electron chi connectivity index (χ4n) is 2.63. The molecular weight excluding hydrogens is 304 g/mol. The van der Waals surface area contributed by atoms with Crippen LogP contribution in [0.3, 0.4) is 0 Å². The number of carbonyl (C=O) groups is 2. The van der Waals surface area contributed by atoms with Crippen LogP contribution in [0.1, 0.15) is 28.8 Å². The summed E-state index contributed by atoms with van der Waals surface area (Å²) in [5.41, 5.74) is 2.17. The van der Waals surface area contributed by atoms with Crippen LogP contribution < -0.4 is 16.0 Å². The number of hydrogen-bond donors (Lipinski definition) is 3. The average Bonchev–Trinajstić information content (AvgIpc) is 3.16. The van der Waals surface area contributed by atoms with Crippen LogP contribution in [-0.2, 0) is 11.3 Å². The predicted molar refractivity (Wildman–Crippen MR) is 91.5 cm³/mol. The van der Waals surface area contributed by atoms with Crippen molar-refractivity contribution in [3.8, 4) is 0 Å². The second-order valence-corrected chi connectivity index (χ2v) is 5.76. The van der Waals surface area contributed by atoms with Gasteiger partial charge in [-0.15, -0.1) is 0 Å². The van der Waals surface area contributed by atoms with Gasteiger partial charge in [-0.25, -0.2) is 0 Å². The summed E-state index contributed by atoms with van der Waals surface area (Å²) in [6.07, 6.45) is 5.18. The molecule has 0 spiro atoms. The van der Waals surface area contributed by atoms with Gasteiger partial charge in [0.25, 0.3) is 5.91 Å². The number of nitrogens with zero attached hydrogens (tertiary/aromatic N) is 1. The number of hydrogen-bond acceptors (Lipinski definition) is 4. The molecule has 3 N–H and O–H groups in total. The van der Waals surface area contributed by atoms with E-state index in [9.17, 15) is 9.59 Å². The molecule has 1 atom stereocenters. The monoisotopic (exact) mass is 324 g/mol. The summed E-state index contributed by atoms with van der Waals surface area (Å²) in [6.45, 7) is 1.36. The molecule has 0 aliphatic carbocycles. The van der Waals surface area contributed by atoms with Crippen LogP contribution in [0.2, 0.25) is 0 Å². The van der Waals surface area contributed by atoms with E-state index in [1.807, 2.05) is 12.1 Å². The van der Waals surface area contributed by atoms with E-state index in [1.54, 1.807) is 36.7 Å². The van der Waals surface area contributed by atoms with Gasteiger partial charge >= 0.3 is 0 Å². The van der Waals surface area contributed by atoms with Crippen molar-refractivity contribution in [1.82, 2.24) is 15.6 Å². The molecule has 0 radical (unpaired) electrons. The first-order valence-corrected chi connectivity index (χ1v) is 8.04. The van der Waals surface area contributed by atoms with Crippen molar-refractivity contribution >= 4 is 17.5 Å². The maximum Gasteiger partial charge on any atom is 0.255 e. The Labute approximate surface area is 140 Å². The smallest absolute Gasteiger partial charge is 0.255 e. The van der Waals surface area contributed by atoms with E-state index in [1.165, 1.54) is 0 Å². The van der Waals surface area contributed by atoms with Gasteiger partial charge < -0.3 is 16.0 Å².